The molecule has 3 aromatic rings. The predicted octanol–water partition coefficient (Wildman–Crippen LogP) is 4.36. The molecule has 2 aromatic carbocycles. The number of nitrogens with one attached hydrogen (secondary N) is 1. The van der Waals surface area contributed by atoms with E-state index < -0.39 is 0 Å². The van der Waals surface area contributed by atoms with Crippen LogP contribution in [0.15, 0.2) is 64.6 Å². The minimum absolute atomic E-state index is 0.100. The number of benzene rings is 2. The summed E-state index contributed by atoms with van der Waals surface area (Å²) in [5.41, 5.74) is 2.44. The summed E-state index contributed by atoms with van der Waals surface area (Å²) in [5, 5.41) is 4.85. The highest BCUT2D eigenvalue weighted by atomic mass is 35.5. The van der Waals surface area contributed by atoms with Gasteiger partial charge in [-0.25, -0.2) is 4.99 Å². The quantitative estimate of drug-likeness (QED) is 0.498. The Bertz CT molecular complexity index is 1170. The fraction of sp³-hybridized carbons (Fsp3) is 0.0952. The van der Waals surface area contributed by atoms with Crippen molar-refractivity contribution in [3.63, 3.8) is 0 Å². The number of esters is 1. The van der Waals surface area contributed by atoms with Crippen LogP contribution in [0.1, 0.15) is 5.56 Å². The Kier molecular flexibility index (Phi) is 5.42. The summed E-state index contributed by atoms with van der Waals surface area (Å²) >= 11 is 7.16. The third-order valence-electron chi connectivity index (χ3n) is 4.34. The Morgan fingerprint density at radius 2 is 2.00 bits per heavy atom. The highest BCUT2D eigenvalue weighted by Crippen LogP contribution is 2.31. The number of amides is 1. The van der Waals surface area contributed by atoms with Crippen molar-refractivity contribution in [1.82, 2.24) is 9.88 Å². The van der Waals surface area contributed by atoms with E-state index in [0.717, 1.165) is 16.5 Å². The van der Waals surface area contributed by atoms with Crippen LogP contribution in [0.5, 0.6) is 0 Å². The molecule has 0 aliphatic carbocycles. The molecule has 1 amide bonds. The molecule has 1 aliphatic heterocycles. The molecule has 146 valence electrons. The zero-order chi connectivity index (χ0) is 20.4. The predicted molar refractivity (Wildman–Crippen MR) is 116 cm³/mol. The number of amidine groups is 1. The molecule has 1 fully saturated rings. The Morgan fingerprint density at radius 3 is 2.76 bits per heavy atom. The number of carbonyl (C=O) groups excluding carboxylic acids is 2. The van der Waals surface area contributed by atoms with Gasteiger partial charge >= 0.3 is 5.97 Å². The standard InChI is InChI=1S/C21H16ClN3O3S/c1-28-19(26)12-25-11-13(16-4-2-3-5-17(16)25)10-18-20(27)24-21(29-18)23-15-8-6-14(22)7-9-15/h2-11H,12H2,1H3,(H,23,24,27)/b18-10-. The summed E-state index contributed by atoms with van der Waals surface area (Å²) in [6.45, 7) is 0.100. The second-order valence-corrected chi connectivity index (χ2v) is 7.73. The summed E-state index contributed by atoms with van der Waals surface area (Å²) < 4.78 is 6.59. The molecule has 29 heavy (non-hydrogen) atoms. The number of methoxy groups -OCH3 is 1. The molecule has 0 saturated carbocycles. The first kappa shape index (κ1) is 19.3. The molecule has 1 aromatic heterocycles. The molecule has 0 spiro atoms. The van der Waals surface area contributed by atoms with Crippen LogP contribution in [0.25, 0.3) is 17.0 Å². The van der Waals surface area contributed by atoms with Crippen molar-refractivity contribution in [3.05, 3.63) is 70.2 Å². The van der Waals surface area contributed by atoms with Gasteiger partial charge in [0.2, 0.25) is 0 Å². The van der Waals surface area contributed by atoms with Gasteiger partial charge in [-0.05, 0) is 48.2 Å². The number of carbonyl (C=O) groups is 2. The van der Waals surface area contributed by atoms with Gasteiger partial charge in [0.1, 0.15) is 6.54 Å². The average molecular weight is 426 g/mol. The molecule has 0 radical (unpaired) electrons. The van der Waals surface area contributed by atoms with Crippen LogP contribution in [-0.4, -0.2) is 28.7 Å². The number of thioether (sulfide) groups is 1. The number of hydrogen-bond acceptors (Lipinski definition) is 5. The monoisotopic (exact) mass is 425 g/mol. The number of aliphatic imine (C=N–C) groups is 1. The second-order valence-electron chi connectivity index (χ2n) is 6.26. The number of aromatic nitrogens is 1. The number of ether oxygens (including phenoxy) is 1. The molecule has 1 saturated heterocycles. The van der Waals surface area contributed by atoms with Gasteiger partial charge in [-0.3, -0.25) is 9.59 Å². The first-order valence-corrected chi connectivity index (χ1v) is 9.93. The van der Waals surface area contributed by atoms with E-state index >= 15 is 0 Å². The van der Waals surface area contributed by atoms with Crippen molar-refractivity contribution < 1.29 is 14.3 Å². The van der Waals surface area contributed by atoms with Gasteiger partial charge in [0.05, 0.1) is 17.7 Å². The van der Waals surface area contributed by atoms with Crippen LogP contribution in [0, 0.1) is 0 Å². The smallest absolute Gasteiger partial charge is 0.325 e. The Hall–Kier alpha value is -3.03. The lowest BCUT2D eigenvalue weighted by Crippen LogP contribution is -2.19. The van der Waals surface area contributed by atoms with E-state index in [-0.39, 0.29) is 18.4 Å². The van der Waals surface area contributed by atoms with E-state index in [9.17, 15) is 9.59 Å². The maximum absolute atomic E-state index is 12.4. The lowest BCUT2D eigenvalue weighted by Gasteiger charge is -2.02. The van der Waals surface area contributed by atoms with E-state index in [4.69, 9.17) is 16.3 Å². The summed E-state index contributed by atoms with van der Waals surface area (Å²) in [7, 11) is 1.36. The van der Waals surface area contributed by atoms with E-state index in [2.05, 4.69) is 10.3 Å². The molecular weight excluding hydrogens is 410 g/mol. The van der Waals surface area contributed by atoms with Crippen molar-refractivity contribution in [3.8, 4) is 0 Å². The van der Waals surface area contributed by atoms with E-state index in [1.54, 1.807) is 30.3 Å². The van der Waals surface area contributed by atoms with Gasteiger partial charge in [0.15, 0.2) is 5.17 Å². The number of halogens is 1. The van der Waals surface area contributed by atoms with Crippen LogP contribution < -0.4 is 5.32 Å². The summed E-state index contributed by atoms with van der Waals surface area (Å²) in [4.78, 5) is 29.1. The van der Waals surface area contributed by atoms with E-state index in [1.165, 1.54) is 18.9 Å². The van der Waals surface area contributed by atoms with Gasteiger partial charge in [-0.1, -0.05) is 29.8 Å². The minimum Gasteiger partial charge on any atom is -0.468 e. The Morgan fingerprint density at radius 1 is 1.24 bits per heavy atom. The van der Waals surface area contributed by atoms with Crippen molar-refractivity contribution in [2.45, 2.75) is 6.54 Å². The number of hydrogen-bond donors (Lipinski definition) is 1. The van der Waals surface area contributed by atoms with Gasteiger partial charge in [-0.15, -0.1) is 0 Å². The molecule has 4 rings (SSSR count). The number of rotatable bonds is 4. The first-order chi connectivity index (χ1) is 14.0. The molecule has 2 heterocycles. The molecule has 6 nitrogen and oxygen atoms in total. The highest BCUT2D eigenvalue weighted by Gasteiger charge is 2.24. The van der Waals surface area contributed by atoms with Gasteiger partial charge in [0, 0.05) is 27.7 Å². The summed E-state index contributed by atoms with van der Waals surface area (Å²) in [5.74, 6) is -0.553. The summed E-state index contributed by atoms with van der Waals surface area (Å²) in [6, 6.07) is 14.8. The highest BCUT2D eigenvalue weighted by molar-refractivity contribution is 8.18. The number of fused-ring (bicyclic) bond motifs is 1. The van der Waals surface area contributed by atoms with Crippen molar-refractivity contribution >= 4 is 63.1 Å². The third kappa shape index (κ3) is 4.21. The lowest BCUT2D eigenvalue weighted by atomic mass is 10.1. The van der Waals surface area contributed by atoms with Crippen LogP contribution in [0.3, 0.4) is 0 Å². The number of para-hydroxylation sites is 1. The molecule has 1 N–H and O–H groups in total. The number of nitrogens with zero attached hydrogens (tertiary/aromatic N) is 2. The fourth-order valence-corrected chi connectivity index (χ4v) is 3.94. The maximum atomic E-state index is 12.4. The lowest BCUT2D eigenvalue weighted by molar-refractivity contribution is -0.141. The van der Waals surface area contributed by atoms with Crippen LogP contribution in [0.4, 0.5) is 5.69 Å². The van der Waals surface area contributed by atoms with Crippen LogP contribution in [0.2, 0.25) is 5.02 Å². The zero-order valence-corrected chi connectivity index (χ0v) is 17.0. The second kappa shape index (κ2) is 8.14. The van der Waals surface area contributed by atoms with Crippen molar-refractivity contribution in [2.24, 2.45) is 4.99 Å². The van der Waals surface area contributed by atoms with Gasteiger partial charge in [0.25, 0.3) is 5.91 Å². The van der Waals surface area contributed by atoms with Crippen molar-refractivity contribution in [1.29, 1.82) is 0 Å². The molecule has 0 bridgehead atoms. The SMILES string of the molecule is COC(=O)Cn1cc(/C=C2\SC(=Nc3ccc(Cl)cc3)NC2=O)c2ccccc21. The fourth-order valence-electron chi connectivity index (χ4n) is 2.98. The molecule has 8 heteroatoms. The third-order valence-corrected chi connectivity index (χ3v) is 5.50. The normalized spacial score (nSPS) is 16.6. The molecule has 0 unspecified atom stereocenters. The first-order valence-electron chi connectivity index (χ1n) is 8.73. The zero-order valence-electron chi connectivity index (χ0n) is 15.4. The van der Waals surface area contributed by atoms with Crippen LogP contribution in [-0.2, 0) is 20.9 Å². The van der Waals surface area contributed by atoms with Gasteiger partial charge < -0.3 is 14.6 Å². The molecule has 1 aliphatic rings. The minimum atomic E-state index is -0.338. The molecular formula is C21H16ClN3O3S. The van der Waals surface area contributed by atoms with Crippen molar-refractivity contribution in [2.75, 3.05) is 7.11 Å². The largest absolute Gasteiger partial charge is 0.468 e. The Labute approximate surface area is 176 Å². The van der Waals surface area contributed by atoms with Crippen LogP contribution >= 0.6 is 23.4 Å². The summed E-state index contributed by atoms with van der Waals surface area (Å²) in [6.07, 6.45) is 3.65. The molecule has 0 atom stereocenters. The maximum Gasteiger partial charge on any atom is 0.325 e. The average Bonchev–Trinajstić information content (AvgIpc) is 3.24. The topological polar surface area (TPSA) is 72.7 Å². The van der Waals surface area contributed by atoms with Gasteiger partial charge in [-0.2, -0.15) is 0 Å². The Balaban J connectivity index is 1.65. The van der Waals surface area contributed by atoms with E-state index in [0.29, 0.717) is 20.8 Å². The van der Waals surface area contributed by atoms with E-state index in [1.807, 2.05) is 35.0 Å².